The predicted octanol–water partition coefficient (Wildman–Crippen LogP) is 5.90. The van der Waals surface area contributed by atoms with Crippen LogP contribution in [0.1, 0.15) is 42.0 Å². The summed E-state index contributed by atoms with van der Waals surface area (Å²) in [6.07, 6.45) is 3.59. The maximum atomic E-state index is 5.28. The van der Waals surface area contributed by atoms with Gasteiger partial charge in [-0.15, -0.1) is 0 Å². The van der Waals surface area contributed by atoms with E-state index in [2.05, 4.69) is 115 Å². The fourth-order valence-corrected chi connectivity index (χ4v) is 6.02. The summed E-state index contributed by atoms with van der Waals surface area (Å²) in [4.78, 5) is 2.49. The lowest BCUT2D eigenvalue weighted by Crippen LogP contribution is -2.50. The van der Waals surface area contributed by atoms with E-state index >= 15 is 0 Å². The summed E-state index contributed by atoms with van der Waals surface area (Å²) >= 11 is 0. The maximum absolute atomic E-state index is 5.28. The predicted molar refractivity (Wildman–Crippen MR) is 133 cm³/mol. The maximum Gasteiger partial charge on any atom is 0.0798 e. The molecule has 0 saturated heterocycles. The number of nitrogens with zero attached hydrogens (tertiary/aromatic N) is 3. The number of rotatable bonds is 6. The molecule has 0 aromatic heterocycles. The van der Waals surface area contributed by atoms with E-state index in [1.54, 1.807) is 0 Å². The van der Waals surface area contributed by atoms with Crippen LogP contribution in [0.2, 0.25) is 0 Å². The second-order valence-corrected chi connectivity index (χ2v) is 9.52. The smallest absolute Gasteiger partial charge is 0.0798 e. The minimum absolute atomic E-state index is 0.0501. The van der Waals surface area contributed by atoms with Gasteiger partial charge < -0.3 is 4.90 Å². The third-order valence-corrected chi connectivity index (χ3v) is 7.31. The summed E-state index contributed by atoms with van der Waals surface area (Å²) in [7, 11) is 4.42. The summed E-state index contributed by atoms with van der Waals surface area (Å²) in [6.45, 7) is 1.93. The number of benzene rings is 3. The van der Waals surface area contributed by atoms with Gasteiger partial charge in [0.15, 0.2) is 0 Å². The van der Waals surface area contributed by atoms with Crippen molar-refractivity contribution in [2.75, 3.05) is 20.6 Å². The number of likely N-dealkylation sites (N-methyl/N-ethyl adjacent to an activating group) is 1. The molecule has 32 heavy (non-hydrogen) atoms. The van der Waals surface area contributed by atoms with Crippen LogP contribution in [0, 0.1) is 5.92 Å². The van der Waals surface area contributed by atoms with E-state index in [1.165, 1.54) is 35.2 Å². The molecular weight excluding hydrogens is 390 g/mol. The minimum Gasteiger partial charge on any atom is -0.301 e. The van der Waals surface area contributed by atoms with Gasteiger partial charge >= 0.3 is 0 Å². The van der Waals surface area contributed by atoms with Crippen molar-refractivity contribution < 1.29 is 0 Å². The van der Waals surface area contributed by atoms with E-state index in [0.29, 0.717) is 12.0 Å². The summed E-state index contributed by atoms with van der Waals surface area (Å²) in [5.41, 5.74) is 5.47. The van der Waals surface area contributed by atoms with Crippen molar-refractivity contribution in [3.8, 4) is 0 Å². The molecule has 0 amide bonds. The van der Waals surface area contributed by atoms with E-state index in [-0.39, 0.29) is 5.41 Å². The molecule has 0 radical (unpaired) electrons. The fourth-order valence-electron chi connectivity index (χ4n) is 6.02. The first-order chi connectivity index (χ1) is 15.7. The van der Waals surface area contributed by atoms with E-state index in [1.807, 2.05) is 0 Å². The lowest BCUT2D eigenvalue weighted by Gasteiger charge is -2.44. The Bertz CT molecular complexity index is 1050. The highest BCUT2D eigenvalue weighted by atomic mass is 15.5. The molecule has 1 fully saturated rings. The standard InChI is InChI=1S/C29H33N3/c1-31(21-23-13-6-3-7-14-23)22-29(25-17-10-5-11-18-25)20-12-19-26-27(32(2)30-28(26)29)24-15-8-4-9-16-24/h3-11,13-18,26-27H,12,19-22H2,1-2H3. The molecule has 3 unspecified atom stereocenters. The van der Waals surface area contributed by atoms with Gasteiger partial charge in [0, 0.05) is 31.5 Å². The Morgan fingerprint density at radius 3 is 2.22 bits per heavy atom. The van der Waals surface area contributed by atoms with Crippen LogP contribution in [0.4, 0.5) is 0 Å². The van der Waals surface area contributed by atoms with Crippen molar-refractivity contribution in [2.45, 2.75) is 37.3 Å². The highest BCUT2D eigenvalue weighted by molar-refractivity contribution is 5.99. The van der Waals surface area contributed by atoms with Gasteiger partial charge in [-0.3, -0.25) is 5.01 Å². The van der Waals surface area contributed by atoms with Gasteiger partial charge in [-0.05, 0) is 36.6 Å². The van der Waals surface area contributed by atoms with Crippen molar-refractivity contribution in [1.29, 1.82) is 0 Å². The van der Waals surface area contributed by atoms with Crippen LogP contribution < -0.4 is 0 Å². The summed E-state index contributed by atoms with van der Waals surface area (Å²) in [5.74, 6) is 0.460. The zero-order chi connectivity index (χ0) is 22.0. The zero-order valence-corrected chi connectivity index (χ0v) is 19.2. The normalized spacial score (nSPS) is 25.0. The van der Waals surface area contributed by atoms with Crippen LogP contribution in [0.25, 0.3) is 0 Å². The summed E-state index contributed by atoms with van der Waals surface area (Å²) in [5, 5.41) is 7.51. The Morgan fingerprint density at radius 2 is 1.53 bits per heavy atom. The van der Waals surface area contributed by atoms with E-state index in [4.69, 9.17) is 5.10 Å². The van der Waals surface area contributed by atoms with Gasteiger partial charge in [0.1, 0.15) is 0 Å². The molecule has 3 aromatic carbocycles. The Morgan fingerprint density at radius 1 is 0.906 bits per heavy atom. The van der Waals surface area contributed by atoms with Crippen LogP contribution in [0.15, 0.2) is 96.1 Å². The number of hydrogen-bond acceptors (Lipinski definition) is 3. The highest BCUT2D eigenvalue weighted by Gasteiger charge is 2.51. The molecule has 3 heteroatoms. The molecule has 0 bridgehead atoms. The van der Waals surface area contributed by atoms with Crippen molar-refractivity contribution in [3.05, 3.63) is 108 Å². The monoisotopic (exact) mass is 423 g/mol. The molecule has 0 spiro atoms. The molecule has 164 valence electrons. The molecule has 3 aromatic rings. The van der Waals surface area contributed by atoms with Gasteiger partial charge in [0.05, 0.1) is 11.8 Å². The Labute approximate surface area is 192 Å². The van der Waals surface area contributed by atoms with E-state index in [9.17, 15) is 0 Å². The lowest BCUT2D eigenvalue weighted by atomic mass is 9.62. The fraction of sp³-hybridized carbons (Fsp3) is 0.345. The molecular formula is C29H33N3. The molecule has 0 N–H and O–H groups in total. The summed E-state index contributed by atoms with van der Waals surface area (Å²) < 4.78 is 0. The highest BCUT2D eigenvalue weighted by Crippen LogP contribution is 2.49. The number of hydrogen-bond donors (Lipinski definition) is 0. The number of fused-ring (bicyclic) bond motifs is 1. The van der Waals surface area contributed by atoms with E-state index < -0.39 is 0 Å². The van der Waals surface area contributed by atoms with Crippen molar-refractivity contribution >= 4 is 5.71 Å². The zero-order valence-electron chi connectivity index (χ0n) is 19.2. The molecule has 1 aliphatic heterocycles. The van der Waals surface area contributed by atoms with Crippen molar-refractivity contribution in [2.24, 2.45) is 11.0 Å². The largest absolute Gasteiger partial charge is 0.301 e. The van der Waals surface area contributed by atoms with Gasteiger partial charge in [-0.25, -0.2) is 0 Å². The lowest BCUT2D eigenvalue weighted by molar-refractivity contribution is 0.221. The van der Waals surface area contributed by atoms with Crippen LogP contribution in [0.5, 0.6) is 0 Å². The first-order valence-corrected chi connectivity index (χ1v) is 11.8. The average molecular weight is 424 g/mol. The summed E-state index contributed by atoms with van der Waals surface area (Å²) in [6, 6.07) is 33.2. The van der Waals surface area contributed by atoms with Crippen LogP contribution in [-0.2, 0) is 12.0 Å². The van der Waals surface area contributed by atoms with Crippen molar-refractivity contribution in [3.63, 3.8) is 0 Å². The number of hydrazone groups is 1. The van der Waals surface area contributed by atoms with Crippen LogP contribution >= 0.6 is 0 Å². The third-order valence-electron chi connectivity index (χ3n) is 7.31. The van der Waals surface area contributed by atoms with Gasteiger partial charge in [-0.2, -0.15) is 5.10 Å². The molecule has 5 rings (SSSR count). The Hall–Kier alpha value is -2.91. The molecule has 2 aliphatic rings. The van der Waals surface area contributed by atoms with Gasteiger partial charge in [0.2, 0.25) is 0 Å². The molecule has 1 saturated carbocycles. The molecule has 3 atom stereocenters. The van der Waals surface area contributed by atoms with Crippen LogP contribution in [0.3, 0.4) is 0 Å². The Balaban J connectivity index is 1.51. The Kier molecular flexibility index (Phi) is 5.84. The molecule has 1 aliphatic carbocycles. The van der Waals surface area contributed by atoms with E-state index in [0.717, 1.165) is 19.5 Å². The van der Waals surface area contributed by atoms with Crippen molar-refractivity contribution in [1.82, 2.24) is 9.91 Å². The first kappa shape index (κ1) is 21.0. The van der Waals surface area contributed by atoms with Gasteiger partial charge in [0.25, 0.3) is 0 Å². The second-order valence-electron chi connectivity index (χ2n) is 9.52. The van der Waals surface area contributed by atoms with Crippen LogP contribution in [-0.4, -0.2) is 36.3 Å². The topological polar surface area (TPSA) is 18.8 Å². The average Bonchev–Trinajstić information content (AvgIpc) is 3.18. The molecule has 3 nitrogen and oxygen atoms in total. The SMILES string of the molecule is CN(Cc1ccccc1)CC1(c2ccccc2)CCCC2C1=NN(C)C2c1ccccc1. The third kappa shape index (κ3) is 3.86. The molecule has 1 heterocycles. The quantitative estimate of drug-likeness (QED) is 0.492. The minimum atomic E-state index is -0.0501. The first-order valence-electron chi connectivity index (χ1n) is 11.8. The second kappa shape index (κ2) is 8.91. The van der Waals surface area contributed by atoms with Gasteiger partial charge in [-0.1, -0.05) is 97.4 Å².